The van der Waals surface area contributed by atoms with Crippen molar-refractivity contribution in [2.24, 2.45) is 0 Å². The normalized spacial score (nSPS) is 11.2. The van der Waals surface area contributed by atoms with Gasteiger partial charge in [-0.2, -0.15) is 0 Å². The van der Waals surface area contributed by atoms with Crippen LogP contribution in [0.15, 0.2) is 66.7 Å². The van der Waals surface area contributed by atoms with E-state index >= 15 is 0 Å². The summed E-state index contributed by atoms with van der Waals surface area (Å²) in [6.07, 6.45) is 0.797. The molecule has 0 bridgehead atoms. The maximum atomic E-state index is 13.3. The van der Waals surface area contributed by atoms with E-state index in [0.717, 1.165) is 34.0 Å². The van der Waals surface area contributed by atoms with Crippen LogP contribution in [0.2, 0.25) is 5.02 Å². The van der Waals surface area contributed by atoms with E-state index in [-0.39, 0.29) is 11.5 Å². The van der Waals surface area contributed by atoms with Crippen molar-refractivity contribution in [3.63, 3.8) is 0 Å². The second kappa shape index (κ2) is 9.55. The van der Waals surface area contributed by atoms with Crippen molar-refractivity contribution in [1.29, 1.82) is 0 Å². The van der Waals surface area contributed by atoms with Crippen LogP contribution in [0, 0.1) is 12.7 Å². The van der Waals surface area contributed by atoms with Crippen LogP contribution in [0.1, 0.15) is 32.7 Å². The van der Waals surface area contributed by atoms with Gasteiger partial charge in [-0.15, -0.1) is 0 Å². The Morgan fingerprint density at radius 1 is 1.03 bits per heavy atom. The predicted molar refractivity (Wildman–Crippen MR) is 123 cm³/mol. The summed E-state index contributed by atoms with van der Waals surface area (Å²) in [5.41, 5.74) is 4.66. The molecule has 1 heterocycles. The van der Waals surface area contributed by atoms with Gasteiger partial charge in [-0.1, -0.05) is 48.0 Å². The number of nitrogens with one attached hydrogen (secondary N) is 1. The number of carbonyl (C=O) groups excluding carboxylic acids is 1. The van der Waals surface area contributed by atoms with Crippen LogP contribution in [-0.2, 0) is 19.5 Å². The van der Waals surface area contributed by atoms with E-state index in [1.807, 2.05) is 49.4 Å². The number of carboxylic acids is 1. The van der Waals surface area contributed by atoms with Crippen molar-refractivity contribution < 1.29 is 14.3 Å². The summed E-state index contributed by atoms with van der Waals surface area (Å²) in [5, 5.41) is 17.1. The van der Waals surface area contributed by atoms with Crippen LogP contribution < -0.4 is 10.4 Å². The Hall–Kier alpha value is -3.15. The molecular formula is C26H23ClFN2O2-. The minimum Gasteiger partial charge on any atom is -0.543 e. The quantitative estimate of drug-likeness (QED) is 0.403. The topological polar surface area (TPSA) is 57.1 Å². The van der Waals surface area contributed by atoms with Gasteiger partial charge in [-0.05, 0) is 66.9 Å². The molecule has 0 saturated heterocycles. The summed E-state index contributed by atoms with van der Waals surface area (Å²) in [7, 11) is 0. The second-order valence-corrected chi connectivity index (χ2v) is 8.34. The highest BCUT2D eigenvalue weighted by molar-refractivity contribution is 6.30. The monoisotopic (exact) mass is 449 g/mol. The molecule has 6 heteroatoms. The Morgan fingerprint density at radius 2 is 1.72 bits per heavy atom. The van der Waals surface area contributed by atoms with Gasteiger partial charge in [0.05, 0.1) is 11.7 Å². The van der Waals surface area contributed by atoms with Gasteiger partial charge in [0.25, 0.3) is 0 Å². The van der Waals surface area contributed by atoms with E-state index in [1.165, 1.54) is 12.1 Å². The fraction of sp³-hybridized carbons (Fsp3) is 0.192. The number of benzene rings is 3. The summed E-state index contributed by atoms with van der Waals surface area (Å²) in [4.78, 5) is 12.2. The molecule has 4 nitrogen and oxygen atoms in total. The first-order chi connectivity index (χ1) is 15.4. The zero-order valence-electron chi connectivity index (χ0n) is 17.7. The number of aryl methyl sites for hydroxylation is 1. The third-order valence-electron chi connectivity index (χ3n) is 5.58. The molecular weight excluding hydrogens is 427 g/mol. The lowest BCUT2D eigenvalue weighted by Crippen LogP contribution is -2.28. The van der Waals surface area contributed by atoms with E-state index in [1.54, 1.807) is 16.7 Å². The Labute approximate surface area is 191 Å². The molecule has 0 aliphatic heterocycles. The van der Waals surface area contributed by atoms with E-state index in [2.05, 4.69) is 5.32 Å². The average molecular weight is 450 g/mol. The van der Waals surface area contributed by atoms with Gasteiger partial charge >= 0.3 is 0 Å². The van der Waals surface area contributed by atoms with E-state index < -0.39 is 5.97 Å². The molecule has 4 rings (SSSR count). The maximum absolute atomic E-state index is 13.3. The third kappa shape index (κ3) is 4.85. The van der Waals surface area contributed by atoms with E-state index in [9.17, 15) is 14.3 Å². The molecule has 0 saturated carbocycles. The van der Waals surface area contributed by atoms with Crippen LogP contribution in [0.25, 0.3) is 10.9 Å². The summed E-state index contributed by atoms with van der Waals surface area (Å²) in [6.45, 7) is 3.36. The molecule has 164 valence electrons. The number of aromatic carboxylic acids is 1. The van der Waals surface area contributed by atoms with Crippen molar-refractivity contribution in [3.05, 3.63) is 106 Å². The molecule has 0 unspecified atom stereocenters. The number of carboxylic acid groups (broad SMARTS) is 1. The van der Waals surface area contributed by atoms with Crippen LogP contribution >= 0.6 is 11.6 Å². The van der Waals surface area contributed by atoms with E-state index in [0.29, 0.717) is 30.2 Å². The number of rotatable bonds is 8. The maximum Gasteiger partial charge on any atom is 0.123 e. The number of hydrogen-bond acceptors (Lipinski definition) is 3. The minimum atomic E-state index is -1.23. The van der Waals surface area contributed by atoms with Crippen molar-refractivity contribution in [1.82, 2.24) is 9.88 Å². The van der Waals surface area contributed by atoms with Gasteiger partial charge in [-0.3, -0.25) is 0 Å². The smallest absolute Gasteiger partial charge is 0.123 e. The molecule has 0 spiro atoms. The lowest BCUT2D eigenvalue weighted by Gasteiger charge is -2.14. The summed E-state index contributed by atoms with van der Waals surface area (Å²) < 4.78 is 15.1. The Balaban J connectivity index is 1.63. The van der Waals surface area contributed by atoms with Crippen LogP contribution in [0.4, 0.5) is 4.39 Å². The molecule has 4 aromatic rings. The first-order valence-electron chi connectivity index (χ1n) is 10.4. The first kappa shape index (κ1) is 22.1. The lowest BCUT2D eigenvalue weighted by molar-refractivity contribution is -0.255. The first-order valence-corrected chi connectivity index (χ1v) is 10.8. The average Bonchev–Trinajstić information content (AvgIpc) is 3.06. The molecule has 0 amide bonds. The van der Waals surface area contributed by atoms with Gasteiger partial charge in [-0.25, -0.2) is 4.39 Å². The fourth-order valence-corrected chi connectivity index (χ4v) is 4.10. The number of aromatic nitrogens is 1. The molecule has 0 aliphatic rings. The minimum absolute atomic E-state index is 0.147. The molecule has 0 fully saturated rings. The van der Waals surface area contributed by atoms with Crippen molar-refractivity contribution >= 4 is 28.5 Å². The van der Waals surface area contributed by atoms with Crippen molar-refractivity contribution in [2.75, 3.05) is 6.54 Å². The molecule has 1 N–H and O–H groups in total. The number of fused-ring (bicyclic) bond motifs is 1. The SMILES string of the molecule is Cc1ccc2c(CNCCc3ccc(Cl)cc3)c(C(=O)[O-])n(Cc3ccc(F)cc3)c2c1. The van der Waals surface area contributed by atoms with Crippen molar-refractivity contribution in [2.45, 2.75) is 26.4 Å². The zero-order valence-corrected chi connectivity index (χ0v) is 18.5. The van der Waals surface area contributed by atoms with Crippen molar-refractivity contribution in [3.8, 4) is 0 Å². The molecule has 3 aromatic carbocycles. The molecule has 0 aliphatic carbocycles. The third-order valence-corrected chi connectivity index (χ3v) is 5.83. The second-order valence-electron chi connectivity index (χ2n) is 7.90. The van der Waals surface area contributed by atoms with Gasteiger partial charge in [0.1, 0.15) is 5.82 Å². The zero-order chi connectivity index (χ0) is 22.7. The number of carbonyl (C=O) groups is 1. The van der Waals surface area contributed by atoms with Gasteiger partial charge in [0, 0.05) is 34.6 Å². The number of halogens is 2. The van der Waals surface area contributed by atoms with E-state index in [4.69, 9.17) is 11.6 Å². The molecule has 32 heavy (non-hydrogen) atoms. The highest BCUT2D eigenvalue weighted by Gasteiger charge is 2.18. The van der Waals surface area contributed by atoms with Crippen LogP contribution in [-0.4, -0.2) is 17.1 Å². The fourth-order valence-electron chi connectivity index (χ4n) is 3.98. The Kier molecular flexibility index (Phi) is 6.58. The largest absolute Gasteiger partial charge is 0.543 e. The molecule has 0 atom stereocenters. The van der Waals surface area contributed by atoms with Crippen LogP contribution in [0.3, 0.4) is 0 Å². The van der Waals surface area contributed by atoms with Gasteiger partial charge in [0.2, 0.25) is 0 Å². The van der Waals surface area contributed by atoms with Gasteiger partial charge in [0.15, 0.2) is 0 Å². The predicted octanol–water partition coefficient (Wildman–Crippen LogP) is 4.49. The Morgan fingerprint density at radius 3 is 2.41 bits per heavy atom. The highest BCUT2D eigenvalue weighted by atomic mass is 35.5. The summed E-state index contributed by atoms with van der Waals surface area (Å²) in [5.74, 6) is -1.55. The summed E-state index contributed by atoms with van der Waals surface area (Å²) >= 11 is 5.94. The van der Waals surface area contributed by atoms with Gasteiger partial charge < -0.3 is 19.8 Å². The lowest BCUT2D eigenvalue weighted by atomic mass is 10.1. The molecule has 0 radical (unpaired) electrons. The molecule has 1 aromatic heterocycles. The highest BCUT2D eigenvalue weighted by Crippen LogP contribution is 2.28. The standard InChI is InChI=1S/C26H24ClFN2O2/c1-17-2-11-22-23(15-29-13-12-18-3-7-20(27)8-4-18)25(26(31)32)30(24(22)14-17)16-19-5-9-21(28)10-6-19/h2-11,14,29H,12-13,15-16H2,1H3,(H,31,32)/p-1. The summed E-state index contributed by atoms with van der Waals surface area (Å²) in [6, 6.07) is 19.7. The number of nitrogens with zero attached hydrogens (tertiary/aromatic N) is 1. The number of hydrogen-bond donors (Lipinski definition) is 1. The van der Waals surface area contributed by atoms with Crippen LogP contribution in [0.5, 0.6) is 0 Å². The Bertz CT molecular complexity index is 1250.